The Bertz CT molecular complexity index is 1330. The number of nitrogens with zero attached hydrogens (tertiary/aromatic N) is 2. The van der Waals surface area contributed by atoms with Crippen molar-refractivity contribution < 1.29 is 32.1 Å². The first kappa shape index (κ1) is 33.6. The summed E-state index contributed by atoms with van der Waals surface area (Å²) < 4.78 is 31.3. The predicted molar refractivity (Wildman–Crippen MR) is 159 cm³/mol. The molecule has 0 aromatic heterocycles. The monoisotopic (exact) mass is 570 g/mol. The number of aliphatic carboxylic acids is 1. The van der Waals surface area contributed by atoms with Crippen molar-refractivity contribution in [1.82, 2.24) is 0 Å². The summed E-state index contributed by atoms with van der Waals surface area (Å²) in [6.45, 7) is 10.0. The number of carboxylic acid groups (broad SMARTS) is 1. The highest BCUT2D eigenvalue weighted by Gasteiger charge is 2.42. The zero-order valence-electron chi connectivity index (χ0n) is 24.4. The van der Waals surface area contributed by atoms with Crippen molar-refractivity contribution in [2.75, 3.05) is 18.5 Å². The molecule has 41 heavy (non-hydrogen) atoms. The second-order valence-electron chi connectivity index (χ2n) is 11.1. The molecule has 2 heterocycles. The van der Waals surface area contributed by atoms with Crippen LogP contribution in [0.2, 0.25) is 0 Å². The van der Waals surface area contributed by atoms with Crippen LogP contribution in [0.1, 0.15) is 64.5 Å². The van der Waals surface area contributed by atoms with Crippen molar-refractivity contribution in [2.24, 2.45) is 0 Å². The molecular formula is C32H39BF4N2O2. The fourth-order valence-corrected chi connectivity index (χ4v) is 5.76. The summed E-state index contributed by atoms with van der Waals surface area (Å²) in [5, 5.41) is 8.93. The summed E-state index contributed by atoms with van der Waals surface area (Å²) in [4.78, 5) is 13.3. The van der Waals surface area contributed by atoms with Gasteiger partial charge in [0.05, 0.1) is 5.41 Å². The number of hydrogen-bond acceptors (Lipinski definition) is 2. The lowest BCUT2D eigenvalue weighted by Gasteiger charge is -2.27. The second-order valence-corrected chi connectivity index (χ2v) is 11.1. The van der Waals surface area contributed by atoms with Crippen molar-refractivity contribution in [3.8, 4) is 0 Å². The van der Waals surface area contributed by atoms with E-state index in [9.17, 15) is 17.7 Å². The van der Waals surface area contributed by atoms with Crippen molar-refractivity contribution in [2.45, 2.75) is 64.2 Å². The molecule has 0 unspecified atom stereocenters. The number of allylic oxidation sites excluding steroid dienone is 6. The van der Waals surface area contributed by atoms with E-state index in [1.165, 1.54) is 33.9 Å². The molecule has 0 atom stereocenters. The number of rotatable bonds is 9. The molecule has 0 saturated carbocycles. The zero-order chi connectivity index (χ0) is 29.5. The van der Waals surface area contributed by atoms with Crippen LogP contribution in [0, 0.1) is 0 Å². The quantitative estimate of drug-likeness (QED) is 0.152. The Morgan fingerprint density at radius 2 is 1.51 bits per heavy atom. The van der Waals surface area contributed by atoms with Gasteiger partial charge in [0.15, 0.2) is 5.71 Å². The molecule has 1 N–H and O–H groups in total. The van der Waals surface area contributed by atoms with Crippen LogP contribution in [0.5, 0.6) is 0 Å². The van der Waals surface area contributed by atoms with Gasteiger partial charge in [-0.1, -0.05) is 74.9 Å². The van der Waals surface area contributed by atoms with Crippen LogP contribution in [0.4, 0.5) is 24.3 Å². The van der Waals surface area contributed by atoms with Crippen LogP contribution < -0.4 is 9.60 Å². The summed E-state index contributed by atoms with van der Waals surface area (Å²) >= 11 is 0. The van der Waals surface area contributed by atoms with Gasteiger partial charge in [0, 0.05) is 47.5 Å². The molecule has 2 aliphatic rings. The Morgan fingerprint density at radius 1 is 0.902 bits per heavy atom. The van der Waals surface area contributed by atoms with E-state index in [0.717, 1.165) is 25.8 Å². The molecule has 2 aliphatic heterocycles. The number of benzene rings is 2. The molecule has 0 saturated heterocycles. The molecule has 220 valence electrons. The Balaban J connectivity index is 0.00000110. The lowest BCUT2D eigenvalue weighted by atomic mass is 9.81. The smallest absolute Gasteiger partial charge is 0.762 e. The maximum absolute atomic E-state index is 10.8. The number of carboxylic acids is 1. The zero-order valence-corrected chi connectivity index (χ0v) is 24.4. The first-order chi connectivity index (χ1) is 18.9. The summed E-state index contributed by atoms with van der Waals surface area (Å²) in [6, 6.07) is 17.3. The summed E-state index contributed by atoms with van der Waals surface area (Å²) in [7, 11) is -1.52. The normalized spacial score (nSPS) is 17.4. The molecular weight excluding hydrogens is 531 g/mol. The SMILES string of the molecule is C[N+]1=C(C=CC=CC=C2N(CCCCCC(=O)O)c3ccccc3C2(C)C)C(C)(C)c2ccccc21.FB(F)F.[F-]. The predicted octanol–water partition coefficient (Wildman–Crippen LogP) is 5.02. The van der Waals surface area contributed by atoms with Gasteiger partial charge >= 0.3 is 13.5 Å². The third-order valence-electron chi connectivity index (χ3n) is 7.74. The molecule has 0 amide bonds. The topological polar surface area (TPSA) is 43.5 Å². The van der Waals surface area contributed by atoms with Crippen molar-refractivity contribution in [3.63, 3.8) is 0 Å². The van der Waals surface area contributed by atoms with E-state index < -0.39 is 13.5 Å². The van der Waals surface area contributed by atoms with Gasteiger partial charge in [0.1, 0.15) is 7.05 Å². The van der Waals surface area contributed by atoms with Crippen LogP contribution in [-0.4, -0.2) is 42.5 Å². The summed E-state index contributed by atoms with van der Waals surface area (Å²) in [6.07, 6.45) is 13.7. The number of fused-ring (bicyclic) bond motifs is 2. The van der Waals surface area contributed by atoms with Crippen LogP contribution in [0.25, 0.3) is 0 Å². The lowest BCUT2D eigenvalue weighted by Crippen LogP contribution is -3.00. The van der Waals surface area contributed by atoms with Crippen molar-refractivity contribution in [3.05, 3.63) is 95.7 Å². The van der Waals surface area contributed by atoms with Gasteiger partial charge < -0.3 is 14.7 Å². The fourth-order valence-electron chi connectivity index (χ4n) is 5.76. The highest BCUT2D eigenvalue weighted by atomic mass is 19.4. The maximum Gasteiger partial charge on any atom is 0.762 e. The van der Waals surface area contributed by atoms with Gasteiger partial charge in [0.2, 0.25) is 5.69 Å². The highest BCUT2D eigenvalue weighted by molar-refractivity contribution is 6.33. The van der Waals surface area contributed by atoms with Crippen LogP contribution in [-0.2, 0) is 15.6 Å². The molecule has 0 radical (unpaired) electrons. The van der Waals surface area contributed by atoms with Crippen LogP contribution in [0.15, 0.2) is 84.6 Å². The average Bonchev–Trinajstić information content (AvgIpc) is 3.22. The molecule has 2 aromatic carbocycles. The Kier molecular flexibility index (Phi) is 11.7. The first-order valence-electron chi connectivity index (χ1n) is 13.7. The standard InChI is InChI=1S/C32H38N2O2.BF3.FH/c1-31(2)24-16-11-13-18-26(24)33(5)28(31)20-8-6-9-21-29-32(3,4)25-17-12-14-19-27(25)34(29)23-15-7-10-22-30(35)36;2-1(3)4;/h6,8-9,11-14,16-21H,7,10,15,22-23H2,1-5H3;;1H. The third-order valence-corrected chi connectivity index (χ3v) is 7.74. The molecule has 4 rings (SSSR count). The van der Waals surface area contributed by atoms with E-state index in [-0.39, 0.29) is 22.0 Å². The number of para-hydroxylation sites is 2. The summed E-state index contributed by atoms with van der Waals surface area (Å²) in [5.74, 6) is -0.712. The Labute approximate surface area is 241 Å². The van der Waals surface area contributed by atoms with Crippen molar-refractivity contribution in [1.29, 1.82) is 0 Å². The number of carbonyl (C=O) groups is 1. The number of halogens is 4. The second kappa shape index (κ2) is 14.3. The Morgan fingerprint density at radius 3 is 2.15 bits per heavy atom. The molecule has 0 bridgehead atoms. The van der Waals surface area contributed by atoms with E-state index in [1.807, 2.05) is 0 Å². The fraction of sp³-hybridized carbons (Fsp3) is 0.375. The molecule has 0 aliphatic carbocycles. The lowest BCUT2D eigenvalue weighted by molar-refractivity contribution is -0.401. The maximum atomic E-state index is 10.8. The highest BCUT2D eigenvalue weighted by Crippen LogP contribution is 2.47. The van der Waals surface area contributed by atoms with Crippen LogP contribution >= 0.6 is 0 Å². The first-order valence-corrected chi connectivity index (χ1v) is 13.7. The third kappa shape index (κ3) is 7.77. The Hall–Kier alpha value is -3.62. The summed E-state index contributed by atoms with van der Waals surface area (Å²) in [5.41, 5.74) is 7.70. The van der Waals surface area contributed by atoms with Gasteiger partial charge in [-0.3, -0.25) is 17.7 Å². The van der Waals surface area contributed by atoms with Gasteiger partial charge in [-0.25, -0.2) is 0 Å². The van der Waals surface area contributed by atoms with Gasteiger partial charge in [-0.15, -0.1) is 0 Å². The van der Waals surface area contributed by atoms with E-state index in [4.69, 9.17) is 5.11 Å². The minimum Gasteiger partial charge on any atom is -1.00 e. The van der Waals surface area contributed by atoms with E-state index in [1.54, 1.807) is 0 Å². The molecule has 0 fully saturated rings. The van der Waals surface area contributed by atoms with Crippen LogP contribution in [0.3, 0.4) is 0 Å². The number of anilines is 1. The van der Waals surface area contributed by atoms with E-state index in [2.05, 4.69) is 123 Å². The van der Waals surface area contributed by atoms with Crippen molar-refractivity contribution >= 4 is 30.6 Å². The molecule has 9 heteroatoms. The van der Waals surface area contributed by atoms with E-state index in [0.29, 0.717) is 0 Å². The largest absolute Gasteiger partial charge is 1.00 e. The molecule has 2 aromatic rings. The molecule has 0 spiro atoms. The van der Waals surface area contributed by atoms with Gasteiger partial charge in [-0.05, 0) is 44.4 Å². The molecule has 4 nitrogen and oxygen atoms in total. The van der Waals surface area contributed by atoms with Gasteiger partial charge in [0.25, 0.3) is 0 Å². The number of unbranched alkanes of at least 4 members (excludes halogenated alkanes) is 2. The van der Waals surface area contributed by atoms with E-state index >= 15 is 0 Å². The minimum atomic E-state index is -3.67. The van der Waals surface area contributed by atoms with Gasteiger partial charge in [-0.2, -0.15) is 4.58 Å². The average molecular weight is 570 g/mol. The number of hydrogen-bond donors (Lipinski definition) is 1. The minimum absolute atomic E-state index is 0.